The Hall–Kier alpha value is -3.70. The van der Waals surface area contributed by atoms with Crippen LogP contribution in [0, 0.1) is 0 Å². The number of hydrogen-bond donors (Lipinski definition) is 3. The molecule has 0 saturated heterocycles. The molecule has 4 aromatic rings. The summed E-state index contributed by atoms with van der Waals surface area (Å²) in [6, 6.07) is 19.8. The number of fused-ring (bicyclic) bond motifs is 1. The average molecular weight is 512 g/mol. The van der Waals surface area contributed by atoms with Crippen LogP contribution in [0.2, 0.25) is 0 Å². The zero-order chi connectivity index (χ0) is 25.1. The second-order valence-corrected chi connectivity index (χ2v) is 11.8. The lowest BCUT2D eigenvalue weighted by atomic mass is 10.0. The van der Waals surface area contributed by atoms with Crippen molar-refractivity contribution in [2.75, 3.05) is 26.3 Å². The summed E-state index contributed by atoms with van der Waals surface area (Å²) in [6.45, 7) is 3.16. The van der Waals surface area contributed by atoms with Crippen LogP contribution in [0.1, 0.15) is 13.8 Å². The van der Waals surface area contributed by atoms with Crippen LogP contribution < -0.4 is 14.8 Å². The zero-order valence-corrected chi connectivity index (χ0v) is 20.8. The molecule has 0 fully saturated rings. The second kappa shape index (κ2) is 9.88. The molecule has 4 rings (SSSR count). The number of aromatic nitrogens is 2. The number of nitrogens with zero attached hydrogens (tertiary/aromatic N) is 2. The van der Waals surface area contributed by atoms with E-state index in [0.717, 1.165) is 22.0 Å². The van der Waals surface area contributed by atoms with Gasteiger partial charge in [0.05, 0.1) is 22.7 Å². The fourth-order valence-corrected chi connectivity index (χ4v) is 4.64. The highest BCUT2D eigenvalue weighted by atomic mass is 32.2. The summed E-state index contributed by atoms with van der Waals surface area (Å²) < 4.78 is 52.5. The quantitative estimate of drug-likeness (QED) is 0.300. The minimum Gasteiger partial charge on any atom is -0.340 e. The molecule has 0 aliphatic heterocycles. The van der Waals surface area contributed by atoms with E-state index in [9.17, 15) is 16.8 Å². The third-order valence-electron chi connectivity index (χ3n) is 5.29. The highest BCUT2D eigenvalue weighted by Crippen LogP contribution is 2.30. The van der Waals surface area contributed by atoms with Crippen LogP contribution in [0.5, 0.6) is 0 Å². The van der Waals surface area contributed by atoms with E-state index >= 15 is 0 Å². The number of hydrogen-bond acceptors (Lipinski definition) is 7. The van der Waals surface area contributed by atoms with Gasteiger partial charge in [0, 0.05) is 16.8 Å². The summed E-state index contributed by atoms with van der Waals surface area (Å²) in [5, 5.41) is 4.03. The van der Waals surface area contributed by atoms with Gasteiger partial charge in [0.2, 0.25) is 20.0 Å². The molecule has 182 valence electrons. The molecule has 0 saturated carbocycles. The Balaban J connectivity index is 1.63. The van der Waals surface area contributed by atoms with E-state index in [1.54, 1.807) is 44.2 Å². The van der Waals surface area contributed by atoms with E-state index in [1.807, 2.05) is 36.4 Å². The van der Waals surface area contributed by atoms with Gasteiger partial charge in [-0.3, -0.25) is 9.44 Å². The van der Waals surface area contributed by atoms with Gasteiger partial charge in [-0.2, -0.15) is 0 Å². The first-order valence-electron chi connectivity index (χ1n) is 10.9. The molecule has 0 aliphatic carbocycles. The van der Waals surface area contributed by atoms with Gasteiger partial charge < -0.3 is 5.32 Å². The summed E-state index contributed by atoms with van der Waals surface area (Å²) >= 11 is 0. The molecule has 0 aliphatic rings. The maximum Gasteiger partial charge on any atom is 0.232 e. The van der Waals surface area contributed by atoms with Crippen LogP contribution in [0.25, 0.3) is 22.0 Å². The van der Waals surface area contributed by atoms with Crippen LogP contribution in [0.3, 0.4) is 0 Å². The normalized spacial score (nSPS) is 11.8. The van der Waals surface area contributed by atoms with Crippen molar-refractivity contribution in [2.24, 2.45) is 0 Å². The maximum atomic E-state index is 11.9. The van der Waals surface area contributed by atoms with Gasteiger partial charge in [0.1, 0.15) is 12.1 Å². The van der Waals surface area contributed by atoms with Gasteiger partial charge in [-0.05, 0) is 67.4 Å². The monoisotopic (exact) mass is 511 g/mol. The second-order valence-electron chi connectivity index (χ2n) is 7.75. The number of rotatable bonds is 9. The summed E-state index contributed by atoms with van der Waals surface area (Å²) in [6.07, 6.45) is 1.46. The van der Waals surface area contributed by atoms with Crippen molar-refractivity contribution in [1.82, 2.24) is 9.97 Å². The topological polar surface area (TPSA) is 130 Å². The third kappa shape index (κ3) is 6.06. The molecule has 1 aromatic heterocycles. The maximum absolute atomic E-state index is 11.9. The highest BCUT2D eigenvalue weighted by Gasteiger charge is 2.11. The van der Waals surface area contributed by atoms with Crippen molar-refractivity contribution >= 4 is 53.8 Å². The van der Waals surface area contributed by atoms with Crippen LogP contribution >= 0.6 is 0 Å². The van der Waals surface area contributed by atoms with E-state index in [4.69, 9.17) is 0 Å². The Labute approximate surface area is 204 Å². The highest BCUT2D eigenvalue weighted by molar-refractivity contribution is 7.92. The standard InChI is InChI=1S/C24H25N5O4S2/c1-3-34(30,31)28-19-11-8-17(9-12-19)18-10-13-23-22(14-18)24(26-16-25-23)27-20-6-5-7-21(15-20)29-35(32,33)4-2/h5-16,28-29H,3-4H2,1-2H3,(H,25,26,27). The van der Waals surface area contributed by atoms with Crippen LogP contribution in [0.4, 0.5) is 22.9 Å². The molecule has 0 bridgehead atoms. The van der Waals surface area contributed by atoms with Crippen LogP contribution in [-0.2, 0) is 20.0 Å². The van der Waals surface area contributed by atoms with Crippen molar-refractivity contribution in [2.45, 2.75) is 13.8 Å². The molecule has 1 heterocycles. The molecule has 0 spiro atoms. The van der Waals surface area contributed by atoms with Crippen molar-refractivity contribution in [1.29, 1.82) is 0 Å². The summed E-state index contributed by atoms with van der Waals surface area (Å²) in [4.78, 5) is 8.72. The summed E-state index contributed by atoms with van der Waals surface area (Å²) in [5.74, 6) is 0.553. The average Bonchev–Trinajstić information content (AvgIpc) is 2.84. The Morgan fingerprint density at radius 3 is 2.00 bits per heavy atom. The lowest BCUT2D eigenvalue weighted by molar-refractivity contribution is 0.600. The Bertz CT molecular complexity index is 1570. The van der Waals surface area contributed by atoms with Crippen molar-refractivity contribution in [3.63, 3.8) is 0 Å². The largest absolute Gasteiger partial charge is 0.340 e. The third-order valence-corrected chi connectivity index (χ3v) is 7.90. The van der Waals surface area contributed by atoms with Crippen LogP contribution in [-0.4, -0.2) is 38.3 Å². The molecule has 9 nitrogen and oxygen atoms in total. The number of sulfonamides is 2. The summed E-state index contributed by atoms with van der Waals surface area (Å²) in [7, 11) is -6.73. The summed E-state index contributed by atoms with van der Waals surface area (Å²) in [5.41, 5.74) is 4.16. The first-order valence-corrected chi connectivity index (χ1v) is 14.2. The first-order chi connectivity index (χ1) is 16.7. The fourth-order valence-electron chi connectivity index (χ4n) is 3.37. The molecule has 11 heteroatoms. The van der Waals surface area contributed by atoms with E-state index in [-0.39, 0.29) is 11.5 Å². The van der Waals surface area contributed by atoms with Crippen molar-refractivity contribution < 1.29 is 16.8 Å². The molecule has 0 radical (unpaired) electrons. The van der Waals surface area contributed by atoms with Gasteiger partial charge >= 0.3 is 0 Å². The lowest BCUT2D eigenvalue weighted by Gasteiger charge is -2.12. The van der Waals surface area contributed by atoms with Gasteiger partial charge in [-0.15, -0.1) is 0 Å². The van der Waals surface area contributed by atoms with E-state index in [0.29, 0.717) is 22.9 Å². The van der Waals surface area contributed by atoms with Crippen LogP contribution in [0.15, 0.2) is 73.1 Å². The molecule has 0 amide bonds. The number of nitrogens with one attached hydrogen (secondary N) is 3. The van der Waals surface area contributed by atoms with E-state index in [2.05, 4.69) is 24.7 Å². The zero-order valence-electron chi connectivity index (χ0n) is 19.2. The Kier molecular flexibility index (Phi) is 6.90. The number of anilines is 4. The first kappa shape index (κ1) is 24.4. The Morgan fingerprint density at radius 2 is 1.31 bits per heavy atom. The number of benzene rings is 3. The Morgan fingerprint density at radius 1 is 0.686 bits per heavy atom. The molecular weight excluding hydrogens is 486 g/mol. The predicted octanol–water partition coefficient (Wildman–Crippen LogP) is 4.56. The van der Waals surface area contributed by atoms with E-state index in [1.165, 1.54) is 6.33 Å². The van der Waals surface area contributed by atoms with Gasteiger partial charge in [0.15, 0.2) is 0 Å². The van der Waals surface area contributed by atoms with Crippen molar-refractivity contribution in [3.05, 3.63) is 73.1 Å². The molecular formula is C24H25N5O4S2. The van der Waals surface area contributed by atoms with E-state index < -0.39 is 20.0 Å². The van der Waals surface area contributed by atoms with Crippen molar-refractivity contribution in [3.8, 4) is 11.1 Å². The molecule has 35 heavy (non-hydrogen) atoms. The molecule has 3 aromatic carbocycles. The predicted molar refractivity (Wildman–Crippen MR) is 141 cm³/mol. The van der Waals surface area contributed by atoms with Gasteiger partial charge in [-0.25, -0.2) is 26.8 Å². The molecule has 0 unspecified atom stereocenters. The minimum atomic E-state index is -3.39. The smallest absolute Gasteiger partial charge is 0.232 e. The van der Waals surface area contributed by atoms with Gasteiger partial charge in [0.25, 0.3) is 0 Å². The fraction of sp³-hybridized carbons (Fsp3) is 0.167. The SMILES string of the molecule is CCS(=O)(=O)Nc1ccc(-c2ccc3ncnc(Nc4cccc(NS(=O)(=O)CC)c4)c3c2)cc1. The molecule has 0 atom stereocenters. The van der Waals surface area contributed by atoms with Gasteiger partial charge in [-0.1, -0.05) is 24.3 Å². The minimum absolute atomic E-state index is 0.00257. The lowest BCUT2D eigenvalue weighted by Crippen LogP contribution is -2.14. The molecule has 3 N–H and O–H groups in total.